The molecule has 0 aromatic heterocycles. The van der Waals surface area contributed by atoms with Crippen LogP contribution in [0.5, 0.6) is 0 Å². The summed E-state index contributed by atoms with van der Waals surface area (Å²) in [6.45, 7) is 11.4. The van der Waals surface area contributed by atoms with Gasteiger partial charge in [0, 0.05) is 43.1 Å². The van der Waals surface area contributed by atoms with Gasteiger partial charge in [-0.25, -0.2) is 0 Å². The SMILES string of the molecule is CCCc1ccc(N(c2ccc(-c3cc(C)c(-c4c(C)cc(-c5ccc(N(c6ccc(C(C)CCC)cc6)c6cccc(Br)c6)cc5)c5ccccc45)c4ccccc34)cc2)c2cccc(Br)c2)cc1. The second kappa shape index (κ2) is 20.7. The van der Waals surface area contributed by atoms with E-state index < -0.39 is 0 Å². The fraction of sp³-hybridized carbons (Fsp3) is 0.152. The van der Waals surface area contributed by atoms with Crippen LogP contribution in [0, 0.1) is 13.8 Å². The van der Waals surface area contributed by atoms with E-state index >= 15 is 0 Å². The van der Waals surface area contributed by atoms with Gasteiger partial charge in [0.05, 0.1) is 0 Å². The van der Waals surface area contributed by atoms with Gasteiger partial charge in [-0.3, -0.25) is 0 Å². The van der Waals surface area contributed by atoms with Gasteiger partial charge in [0.2, 0.25) is 0 Å². The van der Waals surface area contributed by atoms with Crippen LogP contribution < -0.4 is 9.80 Å². The van der Waals surface area contributed by atoms with E-state index in [1.807, 2.05) is 0 Å². The number of hydrogen-bond acceptors (Lipinski definition) is 2. The molecular formula is C66H58Br2N2. The Kier molecular flexibility index (Phi) is 13.9. The van der Waals surface area contributed by atoms with Crippen LogP contribution in [0.4, 0.5) is 34.1 Å². The maximum Gasteiger partial charge on any atom is 0.0472 e. The number of hydrogen-bond donors (Lipinski definition) is 0. The molecule has 0 aliphatic heterocycles. The molecule has 0 saturated heterocycles. The summed E-state index contributed by atoms with van der Waals surface area (Å²) < 4.78 is 2.11. The Morgan fingerprint density at radius 1 is 0.400 bits per heavy atom. The van der Waals surface area contributed by atoms with Crippen molar-refractivity contribution >= 4 is 87.5 Å². The van der Waals surface area contributed by atoms with Gasteiger partial charge in [-0.05, 0) is 195 Å². The Morgan fingerprint density at radius 2 is 0.800 bits per heavy atom. The summed E-state index contributed by atoms with van der Waals surface area (Å²) in [5.74, 6) is 0.536. The van der Waals surface area contributed by atoms with Crippen LogP contribution in [0.25, 0.3) is 54.9 Å². The van der Waals surface area contributed by atoms with Crippen molar-refractivity contribution in [3.8, 4) is 33.4 Å². The third-order valence-corrected chi connectivity index (χ3v) is 14.9. The maximum atomic E-state index is 3.75. The summed E-state index contributed by atoms with van der Waals surface area (Å²) in [6.07, 6.45) is 4.58. The van der Waals surface area contributed by atoms with Gasteiger partial charge in [-0.2, -0.15) is 0 Å². The van der Waals surface area contributed by atoms with Gasteiger partial charge < -0.3 is 9.80 Å². The number of benzene rings is 10. The minimum atomic E-state index is 0.536. The van der Waals surface area contributed by atoms with Gasteiger partial charge in [0.25, 0.3) is 0 Å². The molecule has 0 amide bonds. The van der Waals surface area contributed by atoms with Crippen LogP contribution in [0.1, 0.15) is 68.2 Å². The number of fused-ring (bicyclic) bond motifs is 2. The second-order valence-corrected chi connectivity index (χ2v) is 20.6. The molecule has 10 aromatic carbocycles. The number of rotatable bonds is 14. The quantitative estimate of drug-likeness (QED) is 0.107. The summed E-state index contributed by atoms with van der Waals surface area (Å²) >= 11 is 7.48. The first-order valence-electron chi connectivity index (χ1n) is 24.7. The van der Waals surface area contributed by atoms with Crippen LogP contribution in [-0.4, -0.2) is 0 Å². The van der Waals surface area contributed by atoms with Crippen molar-refractivity contribution in [3.05, 3.63) is 237 Å². The van der Waals surface area contributed by atoms with E-state index in [0.29, 0.717) is 5.92 Å². The third kappa shape index (κ3) is 9.48. The molecule has 70 heavy (non-hydrogen) atoms. The highest BCUT2D eigenvalue weighted by molar-refractivity contribution is 9.10. The van der Waals surface area contributed by atoms with Crippen molar-refractivity contribution < 1.29 is 0 Å². The second-order valence-electron chi connectivity index (χ2n) is 18.7. The lowest BCUT2D eigenvalue weighted by Crippen LogP contribution is -2.10. The monoisotopic (exact) mass is 1040 g/mol. The van der Waals surface area contributed by atoms with E-state index in [1.54, 1.807) is 0 Å². The first-order chi connectivity index (χ1) is 34.2. The summed E-state index contributed by atoms with van der Waals surface area (Å²) in [5, 5.41) is 5.01. The van der Waals surface area contributed by atoms with E-state index in [1.165, 1.54) is 90.0 Å². The zero-order valence-electron chi connectivity index (χ0n) is 40.7. The van der Waals surface area contributed by atoms with Crippen molar-refractivity contribution in [2.75, 3.05) is 9.80 Å². The molecule has 0 aliphatic rings. The van der Waals surface area contributed by atoms with Crippen LogP contribution in [-0.2, 0) is 6.42 Å². The highest BCUT2D eigenvalue weighted by Crippen LogP contribution is 2.46. The Hall–Kier alpha value is -6.72. The normalized spacial score (nSPS) is 11.8. The molecule has 10 aromatic rings. The predicted molar refractivity (Wildman–Crippen MR) is 309 cm³/mol. The summed E-state index contributed by atoms with van der Waals surface area (Å²) in [7, 11) is 0. The largest absolute Gasteiger partial charge is 0.310 e. The summed E-state index contributed by atoms with van der Waals surface area (Å²) in [4.78, 5) is 4.70. The zero-order chi connectivity index (χ0) is 48.3. The van der Waals surface area contributed by atoms with Crippen molar-refractivity contribution in [1.82, 2.24) is 0 Å². The molecule has 1 atom stereocenters. The number of halogens is 2. The highest BCUT2D eigenvalue weighted by atomic mass is 79.9. The molecule has 10 rings (SSSR count). The van der Waals surface area contributed by atoms with Crippen molar-refractivity contribution in [2.24, 2.45) is 0 Å². The standard InChI is InChI=1S/C66H58Br2N2/c1-6-14-44(3)48-26-34-54(35-27-48)70(58-19-13-17-52(68)43-58)56-38-30-50(31-39-56)64-41-46(5)66(62-23-11-9-21-60(62)64)65-45(4)40-63(59-20-8-10-22-61(59)65)49-28-36-55(37-29-49)69(57-18-12-16-51(67)42-57)53-32-24-47(15-7-2)25-33-53/h8-13,16-44H,6-7,14-15H2,1-5H3. The van der Waals surface area contributed by atoms with Gasteiger partial charge in [0.1, 0.15) is 0 Å². The third-order valence-electron chi connectivity index (χ3n) is 13.9. The molecule has 1 unspecified atom stereocenters. The summed E-state index contributed by atoms with van der Waals surface area (Å²) in [5.41, 5.74) is 19.4. The average Bonchev–Trinajstić information content (AvgIpc) is 3.38. The van der Waals surface area contributed by atoms with E-state index in [4.69, 9.17) is 0 Å². The van der Waals surface area contributed by atoms with E-state index in [9.17, 15) is 0 Å². The zero-order valence-corrected chi connectivity index (χ0v) is 43.9. The van der Waals surface area contributed by atoms with Gasteiger partial charge in [0.15, 0.2) is 0 Å². The number of aryl methyl sites for hydroxylation is 3. The van der Waals surface area contributed by atoms with Gasteiger partial charge in [-0.1, -0.05) is 187 Å². The van der Waals surface area contributed by atoms with Crippen LogP contribution in [0.3, 0.4) is 0 Å². The Bertz CT molecular complexity index is 3450. The van der Waals surface area contributed by atoms with Gasteiger partial charge in [-0.15, -0.1) is 0 Å². The Balaban J connectivity index is 1.02. The van der Waals surface area contributed by atoms with E-state index in [0.717, 1.165) is 55.9 Å². The topological polar surface area (TPSA) is 6.48 Å². The van der Waals surface area contributed by atoms with Gasteiger partial charge >= 0.3 is 0 Å². The lowest BCUT2D eigenvalue weighted by atomic mass is 9.83. The average molecular weight is 1040 g/mol. The molecule has 0 heterocycles. The van der Waals surface area contributed by atoms with E-state index in [-0.39, 0.29) is 0 Å². The lowest BCUT2D eigenvalue weighted by Gasteiger charge is -2.26. The highest BCUT2D eigenvalue weighted by Gasteiger charge is 2.21. The smallest absolute Gasteiger partial charge is 0.0472 e. The molecule has 2 nitrogen and oxygen atoms in total. The van der Waals surface area contributed by atoms with Crippen LogP contribution >= 0.6 is 31.9 Å². The first-order valence-corrected chi connectivity index (χ1v) is 26.3. The van der Waals surface area contributed by atoms with Crippen LogP contribution in [0.2, 0.25) is 0 Å². The number of nitrogens with zero attached hydrogens (tertiary/aromatic N) is 2. The molecule has 4 heteroatoms. The Labute approximate surface area is 431 Å². The minimum absolute atomic E-state index is 0.536. The van der Waals surface area contributed by atoms with Crippen molar-refractivity contribution in [3.63, 3.8) is 0 Å². The maximum absolute atomic E-state index is 3.75. The Morgan fingerprint density at radius 3 is 1.20 bits per heavy atom. The summed E-state index contributed by atoms with van der Waals surface area (Å²) in [6, 6.07) is 76.3. The lowest BCUT2D eigenvalue weighted by molar-refractivity contribution is 0.665. The first kappa shape index (κ1) is 47.0. The molecule has 0 saturated carbocycles. The van der Waals surface area contributed by atoms with E-state index in [2.05, 4.69) is 283 Å². The number of anilines is 6. The molecule has 0 bridgehead atoms. The molecular weight excluding hydrogens is 981 g/mol. The van der Waals surface area contributed by atoms with Crippen molar-refractivity contribution in [2.45, 2.75) is 66.2 Å². The fourth-order valence-electron chi connectivity index (χ4n) is 10.5. The molecule has 0 aliphatic carbocycles. The molecule has 346 valence electrons. The molecule has 0 spiro atoms. The van der Waals surface area contributed by atoms with Crippen molar-refractivity contribution in [1.29, 1.82) is 0 Å². The molecule has 0 radical (unpaired) electrons. The molecule has 0 fully saturated rings. The molecule has 0 N–H and O–H groups in total. The van der Waals surface area contributed by atoms with Crippen LogP contribution in [0.15, 0.2) is 215 Å². The predicted octanol–water partition coefficient (Wildman–Crippen LogP) is 20.9. The minimum Gasteiger partial charge on any atom is -0.310 e. The fourth-order valence-corrected chi connectivity index (χ4v) is 11.3.